The molecule has 3 aromatic heterocycles. The Balaban J connectivity index is 1.65. The maximum absolute atomic E-state index is 13.3. The van der Waals surface area contributed by atoms with E-state index in [-0.39, 0.29) is 17.2 Å². The molecule has 0 unspecified atom stereocenters. The number of nitrogens with one attached hydrogen (secondary N) is 1. The van der Waals surface area contributed by atoms with Gasteiger partial charge >= 0.3 is 5.69 Å². The third-order valence-corrected chi connectivity index (χ3v) is 5.76. The second kappa shape index (κ2) is 9.05. The molecular weight excluding hydrogens is 444 g/mol. The Labute approximate surface area is 201 Å². The first kappa shape index (κ1) is 22.3. The fraction of sp³-hybridized carbons (Fsp3) is 0.240. The molecule has 0 aliphatic rings. The van der Waals surface area contributed by atoms with E-state index in [9.17, 15) is 9.59 Å². The Bertz CT molecular complexity index is 1580. The molecule has 0 fully saturated rings. The molecule has 5 aromatic rings. The van der Waals surface area contributed by atoms with Crippen LogP contribution in [-0.4, -0.2) is 33.7 Å². The summed E-state index contributed by atoms with van der Waals surface area (Å²) in [7, 11) is 1.51. The van der Waals surface area contributed by atoms with E-state index < -0.39 is 0 Å². The molecule has 10 nitrogen and oxygen atoms in total. The summed E-state index contributed by atoms with van der Waals surface area (Å²) in [6, 6.07) is 17.5. The Hall–Kier alpha value is -4.47. The van der Waals surface area contributed by atoms with E-state index in [0.717, 1.165) is 21.5 Å². The maximum atomic E-state index is 13.3. The fourth-order valence-corrected chi connectivity index (χ4v) is 4.06. The van der Waals surface area contributed by atoms with Gasteiger partial charge in [-0.05, 0) is 35.7 Å². The zero-order valence-electron chi connectivity index (χ0n) is 19.8. The largest absolute Gasteiger partial charge is 0.340 e. The summed E-state index contributed by atoms with van der Waals surface area (Å²) in [5.74, 6) is 0.748. The predicted octanol–water partition coefficient (Wildman–Crippen LogP) is 2.93. The normalized spacial score (nSPS) is 11.4. The highest BCUT2D eigenvalue weighted by atomic mass is 16.2. The smallest absolute Gasteiger partial charge is 0.332 e. The Morgan fingerprint density at radius 2 is 1.74 bits per heavy atom. The zero-order valence-corrected chi connectivity index (χ0v) is 19.8. The van der Waals surface area contributed by atoms with Crippen molar-refractivity contribution in [2.75, 3.05) is 5.32 Å². The van der Waals surface area contributed by atoms with Crippen LogP contribution in [0.15, 0.2) is 76.8 Å². The lowest BCUT2D eigenvalue weighted by molar-refractivity contribution is 0.498. The lowest BCUT2D eigenvalue weighted by Crippen LogP contribution is -2.38. The molecule has 1 N–H and O–H groups in total. The van der Waals surface area contributed by atoms with Crippen molar-refractivity contribution in [1.29, 1.82) is 0 Å². The van der Waals surface area contributed by atoms with Crippen LogP contribution in [0.5, 0.6) is 0 Å². The summed E-state index contributed by atoms with van der Waals surface area (Å²) in [4.78, 5) is 30.2. The van der Waals surface area contributed by atoms with Gasteiger partial charge in [-0.15, -0.1) is 0 Å². The minimum Gasteiger partial charge on any atom is -0.340 e. The highest BCUT2D eigenvalue weighted by Crippen LogP contribution is 2.25. The zero-order chi connectivity index (χ0) is 24.5. The average Bonchev–Trinajstić information content (AvgIpc) is 3.51. The van der Waals surface area contributed by atoms with Crippen molar-refractivity contribution in [2.24, 2.45) is 13.0 Å². The minimum absolute atomic E-state index is 0.202. The number of benzene rings is 2. The summed E-state index contributed by atoms with van der Waals surface area (Å²) >= 11 is 0. The van der Waals surface area contributed by atoms with E-state index in [1.54, 1.807) is 20.3 Å². The molecule has 0 bridgehead atoms. The highest BCUT2D eigenvalue weighted by Gasteiger charge is 2.22. The van der Waals surface area contributed by atoms with Crippen molar-refractivity contribution >= 4 is 22.5 Å². The van der Waals surface area contributed by atoms with Gasteiger partial charge in [-0.1, -0.05) is 44.2 Å². The monoisotopic (exact) mass is 470 g/mol. The summed E-state index contributed by atoms with van der Waals surface area (Å²) < 4.78 is 6.17. The molecule has 10 heteroatoms. The molecule has 0 saturated heterocycles. The number of hydrogen-bond acceptors (Lipinski definition) is 6. The van der Waals surface area contributed by atoms with Gasteiger partial charge in [0.2, 0.25) is 0 Å². The molecule has 0 atom stereocenters. The van der Waals surface area contributed by atoms with Crippen LogP contribution in [0.3, 0.4) is 0 Å². The van der Waals surface area contributed by atoms with Gasteiger partial charge in [0.1, 0.15) is 23.9 Å². The van der Waals surface area contributed by atoms with Crippen molar-refractivity contribution in [3.8, 4) is 5.69 Å². The quantitative estimate of drug-likeness (QED) is 0.392. The first-order valence-corrected chi connectivity index (χ1v) is 11.4. The minimum atomic E-state index is -0.379. The van der Waals surface area contributed by atoms with E-state index >= 15 is 0 Å². The van der Waals surface area contributed by atoms with Crippen molar-refractivity contribution in [1.82, 2.24) is 33.7 Å². The Morgan fingerprint density at radius 1 is 1.00 bits per heavy atom. The van der Waals surface area contributed by atoms with E-state index in [0.29, 0.717) is 29.9 Å². The molecule has 5 rings (SSSR count). The van der Waals surface area contributed by atoms with Crippen LogP contribution in [0, 0.1) is 5.92 Å². The molecule has 0 radical (unpaired) electrons. The van der Waals surface area contributed by atoms with Crippen molar-refractivity contribution in [2.45, 2.75) is 26.9 Å². The van der Waals surface area contributed by atoms with Gasteiger partial charge in [0.05, 0.1) is 12.2 Å². The van der Waals surface area contributed by atoms with Gasteiger partial charge in [0.15, 0.2) is 5.65 Å². The molecule has 35 heavy (non-hydrogen) atoms. The number of aromatic nitrogens is 7. The third-order valence-electron chi connectivity index (χ3n) is 5.76. The summed E-state index contributed by atoms with van der Waals surface area (Å²) in [5.41, 5.74) is 2.32. The van der Waals surface area contributed by atoms with Crippen LogP contribution in [-0.2, 0) is 20.1 Å². The summed E-state index contributed by atoms with van der Waals surface area (Å²) in [6.45, 7) is 4.92. The van der Waals surface area contributed by atoms with Gasteiger partial charge in [-0.2, -0.15) is 10.2 Å². The SMILES string of the molecule is CC(C)Cn1c(=O)n(C)c(=O)c2c(Nc3ccccc3)n(Cc3ccc(-n4cncn4)cc3)nc21. The van der Waals surface area contributed by atoms with Crippen molar-refractivity contribution < 1.29 is 0 Å². The van der Waals surface area contributed by atoms with Gasteiger partial charge in [0.25, 0.3) is 5.56 Å². The van der Waals surface area contributed by atoms with Crippen LogP contribution in [0.25, 0.3) is 16.7 Å². The third kappa shape index (κ3) is 4.25. The fourth-order valence-electron chi connectivity index (χ4n) is 4.06. The molecule has 0 spiro atoms. The molecule has 0 saturated carbocycles. The number of fused-ring (bicyclic) bond motifs is 1. The number of hydrogen-bond donors (Lipinski definition) is 1. The first-order valence-electron chi connectivity index (χ1n) is 11.4. The van der Waals surface area contributed by atoms with E-state index in [4.69, 9.17) is 5.10 Å². The van der Waals surface area contributed by atoms with Gasteiger partial charge in [-0.3, -0.25) is 13.9 Å². The molecule has 0 amide bonds. The Morgan fingerprint density at radius 3 is 2.40 bits per heavy atom. The average molecular weight is 471 g/mol. The van der Waals surface area contributed by atoms with Gasteiger partial charge in [-0.25, -0.2) is 19.1 Å². The van der Waals surface area contributed by atoms with Crippen LogP contribution in [0.4, 0.5) is 11.5 Å². The molecular formula is C25H26N8O2. The lowest BCUT2D eigenvalue weighted by Gasteiger charge is -2.12. The lowest BCUT2D eigenvalue weighted by atomic mass is 10.2. The van der Waals surface area contributed by atoms with Crippen LogP contribution in [0.2, 0.25) is 0 Å². The number of nitrogens with zero attached hydrogens (tertiary/aromatic N) is 7. The Kier molecular flexibility index (Phi) is 5.77. The second-order valence-corrected chi connectivity index (χ2v) is 8.85. The maximum Gasteiger partial charge on any atom is 0.332 e. The van der Waals surface area contributed by atoms with Crippen LogP contribution < -0.4 is 16.6 Å². The van der Waals surface area contributed by atoms with Crippen molar-refractivity contribution in [3.05, 3.63) is 93.7 Å². The first-order chi connectivity index (χ1) is 16.9. The predicted molar refractivity (Wildman–Crippen MR) is 134 cm³/mol. The summed E-state index contributed by atoms with van der Waals surface area (Å²) in [6.07, 6.45) is 3.13. The standard InChI is InChI=1S/C25H26N8O2/c1-17(2)13-31-23-21(24(34)30(3)25(31)35)22(28-19-7-5-4-6-8-19)32(29-23)14-18-9-11-20(12-10-18)33-16-26-15-27-33/h4-12,15-17,28H,13-14H2,1-3H3. The molecule has 178 valence electrons. The number of rotatable bonds is 7. The topological polar surface area (TPSA) is 105 Å². The number of para-hydroxylation sites is 1. The van der Waals surface area contributed by atoms with E-state index in [1.807, 2.05) is 68.4 Å². The van der Waals surface area contributed by atoms with Crippen LogP contribution in [0.1, 0.15) is 19.4 Å². The second-order valence-electron chi connectivity index (χ2n) is 8.85. The number of anilines is 2. The van der Waals surface area contributed by atoms with Gasteiger partial charge in [0, 0.05) is 19.3 Å². The van der Waals surface area contributed by atoms with Crippen LogP contribution >= 0.6 is 0 Å². The van der Waals surface area contributed by atoms with Gasteiger partial charge < -0.3 is 5.32 Å². The van der Waals surface area contributed by atoms with Crippen molar-refractivity contribution in [3.63, 3.8) is 0 Å². The van der Waals surface area contributed by atoms with E-state index in [2.05, 4.69) is 15.4 Å². The molecule has 0 aliphatic heterocycles. The molecule has 2 aromatic carbocycles. The molecule has 0 aliphatic carbocycles. The van der Waals surface area contributed by atoms with E-state index in [1.165, 1.54) is 13.4 Å². The highest BCUT2D eigenvalue weighted by molar-refractivity contribution is 5.89. The molecule has 3 heterocycles. The summed E-state index contributed by atoms with van der Waals surface area (Å²) in [5, 5.41) is 12.7.